The first-order valence-corrected chi connectivity index (χ1v) is 12.2. The van der Waals surface area contributed by atoms with Gasteiger partial charge in [-0.2, -0.15) is 4.98 Å². The lowest BCUT2D eigenvalue weighted by molar-refractivity contribution is -0.139. The average Bonchev–Trinajstić information content (AvgIpc) is 3.45. The van der Waals surface area contributed by atoms with Crippen molar-refractivity contribution in [3.8, 4) is 11.4 Å². The normalized spacial score (nSPS) is 19.6. The number of imide groups is 1. The molecule has 1 unspecified atom stereocenters. The maximum Gasteiger partial charge on any atom is 0.247 e. The summed E-state index contributed by atoms with van der Waals surface area (Å²) in [6.07, 6.45) is 3.71. The minimum absolute atomic E-state index is 0.0473. The second kappa shape index (κ2) is 8.90. The predicted molar refractivity (Wildman–Crippen MR) is 131 cm³/mol. The highest BCUT2D eigenvalue weighted by molar-refractivity contribution is 6.01. The number of aliphatic hydroxyl groups is 1. The second-order valence-corrected chi connectivity index (χ2v) is 10.6. The van der Waals surface area contributed by atoms with E-state index in [-0.39, 0.29) is 42.9 Å². The Labute approximate surface area is 210 Å². The van der Waals surface area contributed by atoms with Gasteiger partial charge in [0.05, 0.1) is 0 Å². The summed E-state index contributed by atoms with van der Waals surface area (Å²) in [5.41, 5.74) is 1.51. The fourth-order valence-corrected chi connectivity index (χ4v) is 5.48. The molecule has 2 fully saturated rings. The van der Waals surface area contributed by atoms with Crippen molar-refractivity contribution in [3.05, 3.63) is 65.3 Å². The van der Waals surface area contributed by atoms with Gasteiger partial charge in [0.2, 0.25) is 23.5 Å². The summed E-state index contributed by atoms with van der Waals surface area (Å²) in [5.74, 6) is 0.366. The van der Waals surface area contributed by atoms with Gasteiger partial charge in [-0.3, -0.25) is 19.5 Å². The number of carbonyl (C=O) groups is 2. The average molecular weight is 490 g/mol. The molecular weight excluding hydrogens is 458 g/mol. The van der Waals surface area contributed by atoms with Crippen LogP contribution >= 0.6 is 0 Å². The maximum absolute atomic E-state index is 12.4. The third-order valence-corrected chi connectivity index (χ3v) is 7.44. The first-order chi connectivity index (χ1) is 17.1. The Hall–Kier alpha value is -3.43. The lowest BCUT2D eigenvalue weighted by Gasteiger charge is -2.55. The van der Waals surface area contributed by atoms with E-state index in [1.165, 1.54) is 5.56 Å². The lowest BCUT2D eigenvalue weighted by atomic mass is 9.62. The maximum atomic E-state index is 12.4. The van der Waals surface area contributed by atoms with Gasteiger partial charge in [0.15, 0.2) is 0 Å². The Balaban J connectivity index is 1.50. The first kappa shape index (κ1) is 24.3. The van der Waals surface area contributed by atoms with Crippen LogP contribution in [0.3, 0.4) is 0 Å². The van der Waals surface area contributed by atoms with Crippen LogP contribution in [-0.4, -0.2) is 62.0 Å². The van der Waals surface area contributed by atoms with Crippen molar-refractivity contribution >= 4 is 11.8 Å². The molecule has 1 aromatic carbocycles. The van der Waals surface area contributed by atoms with Crippen LogP contribution in [0.25, 0.3) is 11.4 Å². The SMILES string of the molecule is CC(C)c1ccc(C(O)(c2cncc(-c3noc(CN4C(=O)CCC4=O)n3)c2)C2(C)CN(C)C2)cc1. The molecule has 9 heteroatoms. The van der Waals surface area contributed by atoms with Gasteiger partial charge in [0.25, 0.3) is 0 Å². The molecule has 3 aromatic rings. The molecule has 0 bridgehead atoms. The molecule has 2 aliphatic rings. The molecule has 1 atom stereocenters. The highest BCUT2D eigenvalue weighted by Gasteiger charge is 2.55. The fourth-order valence-electron chi connectivity index (χ4n) is 5.48. The molecule has 2 amide bonds. The van der Waals surface area contributed by atoms with E-state index in [9.17, 15) is 14.7 Å². The molecule has 2 saturated heterocycles. The molecule has 2 aromatic heterocycles. The van der Waals surface area contributed by atoms with Crippen LogP contribution in [0.4, 0.5) is 0 Å². The number of benzene rings is 1. The summed E-state index contributed by atoms with van der Waals surface area (Å²) < 4.78 is 5.33. The zero-order valence-electron chi connectivity index (χ0n) is 21.1. The molecule has 1 N–H and O–H groups in total. The molecule has 0 aliphatic carbocycles. The zero-order valence-corrected chi connectivity index (χ0v) is 21.1. The molecule has 5 rings (SSSR count). The summed E-state index contributed by atoms with van der Waals surface area (Å²) in [6, 6.07) is 9.98. The third-order valence-electron chi connectivity index (χ3n) is 7.44. The topological polar surface area (TPSA) is 113 Å². The van der Waals surface area contributed by atoms with Crippen molar-refractivity contribution in [2.24, 2.45) is 5.41 Å². The number of carbonyl (C=O) groups excluding carboxylic acids is 2. The van der Waals surface area contributed by atoms with Crippen LogP contribution in [0.15, 0.2) is 47.2 Å². The molecule has 36 heavy (non-hydrogen) atoms. The number of hydrogen-bond donors (Lipinski definition) is 1. The minimum Gasteiger partial charge on any atom is -0.380 e. The molecule has 0 spiro atoms. The molecule has 188 valence electrons. The lowest BCUT2D eigenvalue weighted by Crippen LogP contribution is -2.63. The van der Waals surface area contributed by atoms with E-state index < -0.39 is 11.0 Å². The fraction of sp³-hybridized carbons (Fsp3) is 0.444. The molecule has 2 aliphatic heterocycles. The Morgan fingerprint density at radius 3 is 2.36 bits per heavy atom. The van der Waals surface area contributed by atoms with E-state index in [0.717, 1.165) is 23.6 Å². The van der Waals surface area contributed by atoms with Crippen molar-refractivity contribution < 1.29 is 19.2 Å². The minimum atomic E-state index is -1.29. The molecule has 0 radical (unpaired) electrons. The number of nitrogens with zero attached hydrogens (tertiary/aromatic N) is 5. The van der Waals surface area contributed by atoms with Gasteiger partial charge in [-0.1, -0.05) is 50.2 Å². The van der Waals surface area contributed by atoms with Crippen molar-refractivity contribution in [2.75, 3.05) is 20.1 Å². The number of amides is 2. The highest BCUT2D eigenvalue weighted by atomic mass is 16.5. The van der Waals surface area contributed by atoms with E-state index in [1.54, 1.807) is 12.4 Å². The Morgan fingerprint density at radius 1 is 1.08 bits per heavy atom. The zero-order chi connectivity index (χ0) is 25.7. The van der Waals surface area contributed by atoms with Gasteiger partial charge in [-0.15, -0.1) is 0 Å². The summed E-state index contributed by atoms with van der Waals surface area (Å²) in [4.78, 5) is 36.0. The molecule has 0 saturated carbocycles. The number of aromatic nitrogens is 3. The van der Waals surface area contributed by atoms with Crippen LogP contribution in [0.5, 0.6) is 0 Å². The monoisotopic (exact) mass is 489 g/mol. The van der Waals surface area contributed by atoms with E-state index in [2.05, 4.69) is 52.9 Å². The van der Waals surface area contributed by atoms with E-state index in [4.69, 9.17) is 4.52 Å². The Bertz CT molecular complexity index is 1280. The predicted octanol–water partition coefficient (Wildman–Crippen LogP) is 3.09. The number of rotatable bonds is 7. The van der Waals surface area contributed by atoms with Crippen LogP contribution in [0.1, 0.15) is 62.1 Å². The standard InChI is InChI=1S/C27H31N5O4/c1-17(2)18-5-7-20(8-6-18)27(35,26(3)15-31(4)16-26)21-11-19(12-28-13-21)25-29-22(36-30-25)14-32-23(33)9-10-24(32)34/h5-8,11-13,17,35H,9-10,14-16H2,1-4H3. The molecule has 9 nitrogen and oxygen atoms in total. The summed E-state index contributed by atoms with van der Waals surface area (Å²) in [5, 5.41) is 16.4. The van der Waals surface area contributed by atoms with Crippen molar-refractivity contribution in [3.63, 3.8) is 0 Å². The van der Waals surface area contributed by atoms with Gasteiger partial charge in [-0.25, -0.2) is 0 Å². The smallest absolute Gasteiger partial charge is 0.247 e. The molecule has 4 heterocycles. The number of pyridine rings is 1. The van der Waals surface area contributed by atoms with Crippen LogP contribution < -0.4 is 0 Å². The van der Waals surface area contributed by atoms with Crippen molar-refractivity contribution in [2.45, 2.75) is 51.7 Å². The third kappa shape index (κ3) is 4.02. The second-order valence-electron chi connectivity index (χ2n) is 10.6. The largest absolute Gasteiger partial charge is 0.380 e. The van der Waals surface area contributed by atoms with Gasteiger partial charge in [0.1, 0.15) is 12.1 Å². The quantitative estimate of drug-likeness (QED) is 0.504. The van der Waals surface area contributed by atoms with Gasteiger partial charge < -0.3 is 14.5 Å². The van der Waals surface area contributed by atoms with Crippen LogP contribution in [-0.2, 0) is 21.7 Å². The van der Waals surface area contributed by atoms with Crippen molar-refractivity contribution in [1.29, 1.82) is 0 Å². The van der Waals surface area contributed by atoms with Crippen molar-refractivity contribution in [1.82, 2.24) is 24.9 Å². The Kier molecular flexibility index (Phi) is 6.00. The van der Waals surface area contributed by atoms with Gasteiger partial charge in [0, 0.05) is 54.9 Å². The number of likely N-dealkylation sites (tertiary alicyclic amines) is 2. The van der Waals surface area contributed by atoms with Gasteiger partial charge >= 0.3 is 0 Å². The highest BCUT2D eigenvalue weighted by Crippen LogP contribution is 2.50. The van der Waals surface area contributed by atoms with E-state index in [0.29, 0.717) is 17.0 Å². The number of hydrogen-bond acceptors (Lipinski definition) is 8. The van der Waals surface area contributed by atoms with E-state index in [1.807, 2.05) is 25.2 Å². The summed E-state index contributed by atoms with van der Waals surface area (Å²) in [7, 11) is 2.04. The van der Waals surface area contributed by atoms with Crippen LogP contribution in [0, 0.1) is 5.41 Å². The first-order valence-electron chi connectivity index (χ1n) is 12.2. The Morgan fingerprint density at radius 2 is 1.75 bits per heavy atom. The van der Waals surface area contributed by atoms with Gasteiger partial charge in [-0.05, 0) is 30.2 Å². The molecular formula is C27H31N5O4. The van der Waals surface area contributed by atoms with E-state index >= 15 is 0 Å². The summed E-state index contributed by atoms with van der Waals surface area (Å²) >= 11 is 0. The van der Waals surface area contributed by atoms with Crippen LogP contribution in [0.2, 0.25) is 0 Å². The summed E-state index contributed by atoms with van der Waals surface area (Å²) in [6.45, 7) is 7.78.